The van der Waals surface area contributed by atoms with Gasteiger partial charge in [-0.3, -0.25) is 0 Å². The van der Waals surface area contributed by atoms with Crippen LogP contribution in [0.25, 0.3) is 0 Å². The Morgan fingerprint density at radius 1 is 1.31 bits per heavy atom. The molecular weight excluding hydrogens is 204 g/mol. The number of anilines is 2. The first-order valence-electron chi connectivity index (χ1n) is 3.75. The quantitative estimate of drug-likeness (QED) is 0.767. The van der Waals surface area contributed by atoms with Gasteiger partial charge in [0.15, 0.2) is 0 Å². The zero-order valence-corrected chi connectivity index (χ0v) is 8.27. The van der Waals surface area contributed by atoms with E-state index in [0.717, 1.165) is 11.4 Å². The predicted molar refractivity (Wildman–Crippen MR) is 56.8 cm³/mol. The van der Waals surface area contributed by atoms with E-state index in [2.05, 4.69) is 10.3 Å². The Hall–Kier alpha value is -1.06. The standard InChI is InChI=1S/C9H7ClN2S/c10-9-5-7(1-3-11-9)12-8-2-4-13-6-8/h1-6H,(H,11,12). The molecule has 0 fully saturated rings. The van der Waals surface area contributed by atoms with Crippen molar-refractivity contribution in [2.45, 2.75) is 0 Å². The summed E-state index contributed by atoms with van der Waals surface area (Å²) >= 11 is 7.39. The number of hydrogen-bond acceptors (Lipinski definition) is 3. The smallest absolute Gasteiger partial charge is 0.131 e. The summed E-state index contributed by atoms with van der Waals surface area (Å²) in [6.45, 7) is 0. The van der Waals surface area contributed by atoms with Gasteiger partial charge < -0.3 is 5.32 Å². The fourth-order valence-electron chi connectivity index (χ4n) is 0.982. The number of hydrogen-bond donors (Lipinski definition) is 1. The van der Waals surface area contributed by atoms with Gasteiger partial charge in [-0.2, -0.15) is 11.3 Å². The summed E-state index contributed by atoms with van der Waals surface area (Å²) in [6.07, 6.45) is 1.68. The number of thiophene rings is 1. The molecule has 0 saturated carbocycles. The minimum absolute atomic E-state index is 0.500. The van der Waals surface area contributed by atoms with E-state index in [1.54, 1.807) is 23.6 Å². The van der Waals surface area contributed by atoms with Gasteiger partial charge in [-0.05, 0) is 23.6 Å². The maximum Gasteiger partial charge on any atom is 0.131 e. The normalized spacial score (nSPS) is 9.92. The molecule has 0 atom stereocenters. The molecule has 0 aliphatic heterocycles. The van der Waals surface area contributed by atoms with Crippen molar-refractivity contribution in [3.8, 4) is 0 Å². The van der Waals surface area contributed by atoms with Crippen LogP contribution in [0.4, 0.5) is 11.4 Å². The van der Waals surface area contributed by atoms with Gasteiger partial charge in [0.05, 0.1) is 0 Å². The van der Waals surface area contributed by atoms with Crippen molar-refractivity contribution < 1.29 is 0 Å². The molecule has 66 valence electrons. The number of nitrogens with one attached hydrogen (secondary N) is 1. The highest BCUT2D eigenvalue weighted by molar-refractivity contribution is 7.08. The Labute approximate surface area is 85.2 Å². The Morgan fingerprint density at radius 3 is 2.92 bits per heavy atom. The number of aromatic nitrogens is 1. The monoisotopic (exact) mass is 210 g/mol. The minimum atomic E-state index is 0.500. The first-order chi connectivity index (χ1) is 6.34. The summed E-state index contributed by atoms with van der Waals surface area (Å²) in [5, 5.41) is 7.77. The van der Waals surface area contributed by atoms with Crippen molar-refractivity contribution in [1.29, 1.82) is 0 Å². The van der Waals surface area contributed by atoms with Gasteiger partial charge in [-0.15, -0.1) is 0 Å². The average molecular weight is 211 g/mol. The second kappa shape index (κ2) is 3.77. The lowest BCUT2D eigenvalue weighted by atomic mass is 10.4. The van der Waals surface area contributed by atoms with E-state index < -0.39 is 0 Å². The first-order valence-corrected chi connectivity index (χ1v) is 5.07. The third-order valence-corrected chi connectivity index (χ3v) is 2.43. The van der Waals surface area contributed by atoms with Gasteiger partial charge in [0, 0.05) is 23.0 Å². The van der Waals surface area contributed by atoms with Gasteiger partial charge in [-0.25, -0.2) is 4.98 Å². The van der Waals surface area contributed by atoms with Crippen LogP contribution in [-0.2, 0) is 0 Å². The molecule has 0 amide bonds. The van der Waals surface area contributed by atoms with E-state index in [0.29, 0.717) is 5.15 Å². The average Bonchev–Trinajstić information content (AvgIpc) is 2.57. The molecule has 0 spiro atoms. The van der Waals surface area contributed by atoms with Crippen LogP contribution in [0.3, 0.4) is 0 Å². The van der Waals surface area contributed by atoms with E-state index in [1.807, 2.05) is 22.9 Å². The second-order valence-corrected chi connectivity index (χ2v) is 3.67. The molecule has 2 aromatic rings. The maximum atomic E-state index is 5.74. The van der Waals surface area contributed by atoms with Crippen molar-refractivity contribution in [3.63, 3.8) is 0 Å². The summed E-state index contributed by atoms with van der Waals surface area (Å²) in [6, 6.07) is 5.68. The molecule has 0 aromatic carbocycles. The SMILES string of the molecule is Clc1cc(Nc2ccsc2)ccn1. The minimum Gasteiger partial charge on any atom is -0.355 e. The van der Waals surface area contributed by atoms with E-state index in [-0.39, 0.29) is 0 Å². The van der Waals surface area contributed by atoms with Gasteiger partial charge >= 0.3 is 0 Å². The van der Waals surface area contributed by atoms with Gasteiger partial charge in [0.25, 0.3) is 0 Å². The number of halogens is 1. The van der Waals surface area contributed by atoms with E-state index >= 15 is 0 Å². The highest BCUT2D eigenvalue weighted by Crippen LogP contribution is 2.20. The van der Waals surface area contributed by atoms with Crippen molar-refractivity contribution in [1.82, 2.24) is 4.98 Å². The molecule has 4 heteroatoms. The van der Waals surface area contributed by atoms with Crippen LogP contribution in [0.5, 0.6) is 0 Å². The van der Waals surface area contributed by atoms with E-state index in [4.69, 9.17) is 11.6 Å². The molecule has 1 N–H and O–H groups in total. The third-order valence-electron chi connectivity index (χ3n) is 1.54. The van der Waals surface area contributed by atoms with Gasteiger partial charge in [0.1, 0.15) is 5.15 Å². The van der Waals surface area contributed by atoms with Crippen molar-refractivity contribution in [2.24, 2.45) is 0 Å². The summed E-state index contributed by atoms with van der Waals surface area (Å²) in [5.41, 5.74) is 2.03. The Kier molecular flexibility index (Phi) is 2.47. The molecule has 0 aliphatic carbocycles. The second-order valence-electron chi connectivity index (χ2n) is 2.50. The molecule has 2 rings (SSSR count). The van der Waals surface area contributed by atoms with Crippen LogP contribution in [-0.4, -0.2) is 4.98 Å². The molecule has 0 radical (unpaired) electrons. The number of pyridine rings is 1. The van der Waals surface area contributed by atoms with E-state index in [1.165, 1.54) is 0 Å². The van der Waals surface area contributed by atoms with Crippen molar-refractivity contribution in [3.05, 3.63) is 40.3 Å². The zero-order chi connectivity index (χ0) is 9.10. The number of nitrogens with zero attached hydrogens (tertiary/aromatic N) is 1. The van der Waals surface area contributed by atoms with Crippen LogP contribution in [0.2, 0.25) is 5.15 Å². The molecule has 0 saturated heterocycles. The fraction of sp³-hybridized carbons (Fsp3) is 0. The largest absolute Gasteiger partial charge is 0.355 e. The Balaban J connectivity index is 2.19. The number of rotatable bonds is 2. The van der Waals surface area contributed by atoms with Crippen LogP contribution in [0, 0.1) is 0 Å². The van der Waals surface area contributed by atoms with Crippen molar-refractivity contribution >= 4 is 34.3 Å². The van der Waals surface area contributed by atoms with Crippen LogP contribution >= 0.6 is 22.9 Å². The highest BCUT2D eigenvalue weighted by atomic mass is 35.5. The van der Waals surface area contributed by atoms with Gasteiger partial charge in [-0.1, -0.05) is 11.6 Å². The Morgan fingerprint density at radius 2 is 2.23 bits per heavy atom. The molecule has 2 heterocycles. The molecule has 0 unspecified atom stereocenters. The fourth-order valence-corrected chi connectivity index (χ4v) is 1.74. The summed E-state index contributed by atoms with van der Waals surface area (Å²) < 4.78 is 0. The predicted octanol–water partition coefficient (Wildman–Crippen LogP) is 3.54. The summed E-state index contributed by atoms with van der Waals surface area (Å²) in [5.74, 6) is 0. The molecule has 0 bridgehead atoms. The molecule has 0 aliphatic rings. The summed E-state index contributed by atoms with van der Waals surface area (Å²) in [7, 11) is 0. The lowest BCUT2D eigenvalue weighted by molar-refractivity contribution is 1.32. The lowest BCUT2D eigenvalue weighted by Gasteiger charge is -2.02. The first kappa shape index (κ1) is 8.53. The Bertz CT molecular complexity index is 386. The molecule has 2 aromatic heterocycles. The topological polar surface area (TPSA) is 24.9 Å². The van der Waals surface area contributed by atoms with Crippen LogP contribution < -0.4 is 5.32 Å². The third kappa shape index (κ3) is 2.20. The van der Waals surface area contributed by atoms with Crippen molar-refractivity contribution in [2.75, 3.05) is 5.32 Å². The van der Waals surface area contributed by atoms with E-state index in [9.17, 15) is 0 Å². The zero-order valence-electron chi connectivity index (χ0n) is 6.70. The lowest BCUT2D eigenvalue weighted by Crippen LogP contribution is -1.87. The summed E-state index contributed by atoms with van der Waals surface area (Å²) in [4.78, 5) is 3.90. The molecule has 13 heavy (non-hydrogen) atoms. The van der Waals surface area contributed by atoms with Gasteiger partial charge in [0.2, 0.25) is 0 Å². The molecule has 2 nitrogen and oxygen atoms in total. The highest BCUT2D eigenvalue weighted by Gasteiger charge is 1.95. The molecular formula is C9H7ClN2S. The van der Waals surface area contributed by atoms with Crippen LogP contribution in [0.15, 0.2) is 35.2 Å². The van der Waals surface area contributed by atoms with Crippen LogP contribution in [0.1, 0.15) is 0 Å². The maximum absolute atomic E-state index is 5.74.